The van der Waals surface area contributed by atoms with Gasteiger partial charge in [-0.1, -0.05) is 51.3 Å². The van der Waals surface area contributed by atoms with Crippen molar-refractivity contribution in [2.75, 3.05) is 0 Å². The molecule has 4 heteroatoms. The average molecular weight is 268 g/mol. The number of Topliss-reactive ketones (excluding diaryl/α,β-unsaturated/α-hetero) is 1. The summed E-state index contributed by atoms with van der Waals surface area (Å²) in [5.41, 5.74) is 0.521. The minimum absolute atomic E-state index is 0.272. The number of hydrogen-bond acceptors (Lipinski definition) is 1. The molecule has 0 amide bonds. The van der Waals surface area contributed by atoms with Crippen molar-refractivity contribution in [2.24, 2.45) is 0 Å². The van der Waals surface area contributed by atoms with E-state index in [1.54, 1.807) is 24.3 Å². The van der Waals surface area contributed by atoms with Gasteiger partial charge in [0.1, 0.15) is 0 Å². The van der Waals surface area contributed by atoms with E-state index in [4.69, 9.17) is 23.2 Å². The molecule has 0 heterocycles. The van der Waals surface area contributed by atoms with Gasteiger partial charge in [0.05, 0.1) is 0 Å². The first-order valence-electron chi connectivity index (χ1n) is 3.19. The second kappa shape index (κ2) is 4.26. The highest BCUT2D eigenvalue weighted by Crippen LogP contribution is 2.15. The Morgan fingerprint density at radius 1 is 1.25 bits per heavy atom. The molecule has 0 aromatic heterocycles. The van der Waals surface area contributed by atoms with Crippen LogP contribution in [0.5, 0.6) is 0 Å². The molecule has 64 valence electrons. The lowest BCUT2D eigenvalue weighted by atomic mass is 10.1. The van der Waals surface area contributed by atoms with Crippen LogP contribution in [0.25, 0.3) is 0 Å². The van der Waals surface area contributed by atoms with Crippen molar-refractivity contribution in [3.05, 3.63) is 34.3 Å². The number of halogens is 3. The molecule has 0 aliphatic carbocycles. The van der Waals surface area contributed by atoms with E-state index >= 15 is 0 Å². The molecule has 12 heavy (non-hydrogen) atoms. The highest BCUT2D eigenvalue weighted by Gasteiger charge is 2.13. The van der Waals surface area contributed by atoms with Crippen molar-refractivity contribution in [3.8, 4) is 0 Å². The maximum Gasteiger partial charge on any atom is 0.195 e. The van der Waals surface area contributed by atoms with Gasteiger partial charge in [-0.05, 0) is 12.1 Å². The fourth-order valence-electron chi connectivity index (χ4n) is 0.740. The van der Waals surface area contributed by atoms with Crippen LogP contribution in [0.1, 0.15) is 10.4 Å². The summed E-state index contributed by atoms with van der Waals surface area (Å²) in [6.45, 7) is 0. The molecule has 0 spiro atoms. The van der Waals surface area contributed by atoms with Gasteiger partial charge in [0.2, 0.25) is 0 Å². The van der Waals surface area contributed by atoms with Gasteiger partial charge >= 0.3 is 0 Å². The van der Waals surface area contributed by atoms with E-state index in [-0.39, 0.29) is 5.78 Å². The summed E-state index contributed by atoms with van der Waals surface area (Å²) < 4.78 is 0.916. The van der Waals surface area contributed by atoms with Gasteiger partial charge in [-0.25, -0.2) is 0 Å². The molecule has 0 N–H and O–H groups in total. The van der Waals surface area contributed by atoms with E-state index in [2.05, 4.69) is 15.9 Å². The highest BCUT2D eigenvalue weighted by molar-refractivity contribution is 9.10. The fraction of sp³-hybridized carbons (Fsp3) is 0.125. The zero-order valence-electron chi connectivity index (χ0n) is 5.93. The van der Waals surface area contributed by atoms with Crippen LogP contribution in [-0.2, 0) is 0 Å². The molecular weight excluding hydrogens is 263 g/mol. The summed E-state index contributed by atoms with van der Waals surface area (Å²) >= 11 is 14.1. The van der Waals surface area contributed by atoms with Crippen LogP contribution in [0.3, 0.4) is 0 Å². The minimum atomic E-state index is -0.980. The van der Waals surface area contributed by atoms with E-state index in [0.29, 0.717) is 5.56 Å². The first kappa shape index (κ1) is 10.0. The predicted octanol–water partition coefficient (Wildman–Crippen LogP) is 3.44. The van der Waals surface area contributed by atoms with Crippen molar-refractivity contribution in [3.63, 3.8) is 0 Å². The zero-order valence-corrected chi connectivity index (χ0v) is 9.03. The lowest BCUT2D eigenvalue weighted by molar-refractivity contribution is 0.101. The van der Waals surface area contributed by atoms with Crippen LogP contribution in [-0.4, -0.2) is 10.6 Å². The summed E-state index contributed by atoms with van der Waals surface area (Å²) in [7, 11) is 0. The molecule has 1 aromatic rings. The molecule has 0 unspecified atom stereocenters. The summed E-state index contributed by atoms with van der Waals surface area (Å²) in [6.07, 6.45) is 0. The monoisotopic (exact) mass is 266 g/mol. The predicted molar refractivity (Wildman–Crippen MR) is 54.0 cm³/mol. The van der Waals surface area contributed by atoms with Crippen molar-refractivity contribution in [1.29, 1.82) is 0 Å². The number of alkyl halides is 2. The van der Waals surface area contributed by atoms with Crippen molar-refractivity contribution < 1.29 is 4.79 Å². The summed E-state index contributed by atoms with van der Waals surface area (Å²) in [6, 6.07) is 6.88. The number of ketones is 1. The Bertz CT molecular complexity index is 282. The molecule has 0 fully saturated rings. The summed E-state index contributed by atoms with van der Waals surface area (Å²) in [4.78, 5) is 10.2. The number of rotatable bonds is 2. The lowest BCUT2D eigenvalue weighted by Gasteiger charge is -1.99. The first-order valence-corrected chi connectivity index (χ1v) is 4.86. The molecule has 1 aromatic carbocycles. The average Bonchev–Trinajstić information content (AvgIpc) is 2.04. The molecule has 0 atom stereocenters. The number of benzene rings is 1. The van der Waals surface area contributed by atoms with Crippen LogP contribution < -0.4 is 0 Å². The Morgan fingerprint density at radius 2 is 1.75 bits per heavy atom. The van der Waals surface area contributed by atoms with Crippen molar-refractivity contribution >= 4 is 44.9 Å². The van der Waals surface area contributed by atoms with Crippen molar-refractivity contribution in [2.45, 2.75) is 4.84 Å². The molecule has 0 aliphatic heterocycles. The lowest BCUT2D eigenvalue weighted by Crippen LogP contribution is -2.07. The minimum Gasteiger partial charge on any atom is -0.291 e. The first-order chi connectivity index (χ1) is 5.61. The Morgan fingerprint density at radius 3 is 2.17 bits per heavy atom. The van der Waals surface area contributed by atoms with Gasteiger partial charge in [-0.2, -0.15) is 0 Å². The number of carbonyl (C=O) groups is 1. The van der Waals surface area contributed by atoms with Crippen LogP contribution in [0, 0.1) is 0 Å². The SMILES string of the molecule is O=C(c1ccc(Br)cc1)C(Cl)Cl. The smallest absolute Gasteiger partial charge is 0.195 e. The van der Waals surface area contributed by atoms with Gasteiger partial charge in [0.25, 0.3) is 0 Å². The molecule has 1 rings (SSSR count). The molecule has 0 bridgehead atoms. The third-order valence-electron chi connectivity index (χ3n) is 1.33. The topological polar surface area (TPSA) is 17.1 Å². The number of hydrogen-bond donors (Lipinski definition) is 0. The van der Waals surface area contributed by atoms with Gasteiger partial charge in [0, 0.05) is 10.0 Å². The second-order valence-corrected chi connectivity index (χ2v) is 4.18. The molecular formula is C8H5BrCl2O. The quantitative estimate of drug-likeness (QED) is 0.593. The highest BCUT2D eigenvalue weighted by atomic mass is 79.9. The largest absolute Gasteiger partial charge is 0.291 e. The second-order valence-electron chi connectivity index (χ2n) is 2.17. The fourth-order valence-corrected chi connectivity index (χ4v) is 1.26. The van der Waals surface area contributed by atoms with E-state index < -0.39 is 4.84 Å². The Labute approximate surface area is 88.8 Å². The standard InChI is InChI=1S/C8H5BrCl2O/c9-6-3-1-5(2-4-6)7(12)8(10)11/h1-4,8H. The van der Waals surface area contributed by atoms with Crippen molar-refractivity contribution in [1.82, 2.24) is 0 Å². The Hall–Kier alpha value is -0.0500. The summed E-state index contributed by atoms with van der Waals surface area (Å²) in [5.74, 6) is -0.272. The van der Waals surface area contributed by atoms with E-state index in [1.807, 2.05) is 0 Å². The third-order valence-corrected chi connectivity index (χ3v) is 2.25. The third kappa shape index (κ3) is 2.47. The van der Waals surface area contributed by atoms with E-state index in [0.717, 1.165) is 4.47 Å². The Kier molecular flexibility index (Phi) is 3.56. The normalized spacial score (nSPS) is 10.3. The van der Waals surface area contributed by atoms with Crippen LogP contribution in [0.4, 0.5) is 0 Å². The molecule has 1 nitrogen and oxygen atoms in total. The van der Waals surface area contributed by atoms with Crippen LogP contribution >= 0.6 is 39.1 Å². The molecule has 0 aliphatic rings. The van der Waals surface area contributed by atoms with E-state index in [9.17, 15) is 4.79 Å². The maximum atomic E-state index is 11.2. The Balaban J connectivity index is 2.90. The van der Waals surface area contributed by atoms with Gasteiger partial charge in [-0.3, -0.25) is 4.79 Å². The van der Waals surface area contributed by atoms with E-state index in [1.165, 1.54) is 0 Å². The number of carbonyl (C=O) groups excluding carboxylic acids is 1. The molecule has 0 saturated heterocycles. The van der Waals surface area contributed by atoms with Gasteiger partial charge in [0.15, 0.2) is 10.6 Å². The zero-order chi connectivity index (χ0) is 9.14. The van der Waals surface area contributed by atoms with Crippen LogP contribution in [0.15, 0.2) is 28.7 Å². The molecule has 0 saturated carbocycles. The van der Waals surface area contributed by atoms with Gasteiger partial charge in [-0.15, -0.1) is 0 Å². The van der Waals surface area contributed by atoms with Crippen LogP contribution in [0.2, 0.25) is 0 Å². The molecule has 0 radical (unpaired) electrons. The van der Waals surface area contributed by atoms with Gasteiger partial charge < -0.3 is 0 Å². The maximum absolute atomic E-state index is 11.2. The summed E-state index contributed by atoms with van der Waals surface area (Å²) in [5, 5.41) is 0.